The first-order chi connectivity index (χ1) is 8.11. The Hall–Kier alpha value is -2.15. The molecule has 0 bridgehead atoms. The van der Waals surface area contributed by atoms with E-state index in [4.69, 9.17) is 4.74 Å². The van der Waals surface area contributed by atoms with Gasteiger partial charge in [-0.2, -0.15) is 0 Å². The number of nitrogens with one attached hydrogen (secondary N) is 1. The average Bonchev–Trinajstić information content (AvgIpc) is 2.28. The van der Waals surface area contributed by atoms with Gasteiger partial charge in [0.2, 0.25) is 0 Å². The molecule has 1 rings (SSSR count). The molecule has 0 unspecified atom stereocenters. The van der Waals surface area contributed by atoms with E-state index < -0.39 is 11.1 Å². The SMILES string of the molecule is CNCC(=O)Oc1ccc(CO[N+](=O)[O-])cc1. The number of carbonyl (C=O) groups excluding carboxylic acids is 1. The van der Waals surface area contributed by atoms with E-state index in [1.54, 1.807) is 31.3 Å². The molecule has 0 saturated heterocycles. The normalized spacial score (nSPS) is 9.71. The van der Waals surface area contributed by atoms with Gasteiger partial charge >= 0.3 is 5.97 Å². The molecule has 0 aliphatic heterocycles. The lowest BCUT2D eigenvalue weighted by molar-refractivity contribution is -0.763. The summed E-state index contributed by atoms with van der Waals surface area (Å²) in [6, 6.07) is 6.27. The van der Waals surface area contributed by atoms with E-state index in [1.165, 1.54) is 0 Å². The molecule has 1 aromatic rings. The average molecular weight is 240 g/mol. The van der Waals surface area contributed by atoms with Crippen molar-refractivity contribution in [1.82, 2.24) is 5.32 Å². The molecule has 0 fully saturated rings. The van der Waals surface area contributed by atoms with Gasteiger partial charge in [-0.15, -0.1) is 10.1 Å². The molecule has 7 nitrogen and oxygen atoms in total. The van der Waals surface area contributed by atoms with Crippen LogP contribution in [0.3, 0.4) is 0 Å². The maximum atomic E-state index is 11.1. The number of benzene rings is 1. The molecule has 0 aliphatic carbocycles. The second kappa shape index (κ2) is 6.44. The molecule has 0 aliphatic rings. The lowest BCUT2D eigenvalue weighted by atomic mass is 10.2. The summed E-state index contributed by atoms with van der Waals surface area (Å²) in [6.07, 6.45) is 0. The van der Waals surface area contributed by atoms with Gasteiger partial charge in [0.15, 0.2) is 0 Å². The van der Waals surface area contributed by atoms with Crippen LogP contribution in [0.2, 0.25) is 0 Å². The lowest BCUT2D eigenvalue weighted by Gasteiger charge is -2.04. The van der Waals surface area contributed by atoms with Gasteiger partial charge in [-0.05, 0) is 24.7 Å². The van der Waals surface area contributed by atoms with Crippen LogP contribution < -0.4 is 10.1 Å². The maximum Gasteiger partial charge on any atom is 0.325 e. The summed E-state index contributed by atoms with van der Waals surface area (Å²) in [7, 11) is 1.64. The first-order valence-corrected chi connectivity index (χ1v) is 4.83. The Morgan fingerprint density at radius 1 is 1.41 bits per heavy atom. The molecule has 1 N–H and O–H groups in total. The van der Waals surface area contributed by atoms with Crippen LogP contribution >= 0.6 is 0 Å². The Labute approximate surface area is 97.4 Å². The summed E-state index contributed by atoms with van der Waals surface area (Å²) in [5.74, 6) is -0.0168. The molecule has 1 aromatic carbocycles. The standard InChI is InChI=1S/C10H12N2O5/c1-11-6-10(13)17-9-4-2-8(3-5-9)7-16-12(14)15/h2-5,11H,6-7H2,1H3. The molecule has 17 heavy (non-hydrogen) atoms. The topological polar surface area (TPSA) is 90.7 Å². The van der Waals surface area contributed by atoms with Crippen molar-refractivity contribution in [2.75, 3.05) is 13.6 Å². The third-order valence-electron chi connectivity index (χ3n) is 1.81. The summed E-state index contributed by atoms with van der Waals surface area (Å²) in [5, 5.41) is 11.8. The number of esters is 1. The van der Waals surface area contributed by atoms with E-state index in [2.05, 4.69) is 10.2 Å². The minimum atomic E-state index is -0.860. The van der Waals surface area contributed by atoms with Gasteiger partial charge in [0.1, 0.15) is 12.4 Å². The zero-order chi connectivity index (χ0) is 12.7. The highest BCUT2D eigenvalue weighted by Crippen LogP contribution is 2.12. The van der Waals surface area contributed by atoms with Crippen LogP contribution in [-0.2, 0) is 16.2 Å². The number of nitrogens with zero attached hydrogens (tertiary/aromatic N) is 1. The third kappa shape index (κ3) is 4.94. The highest BCUT2D eigenvalue weighted by Gasteiger charge is 2.03. The molecule has 0 aromatic heterocycles. The number of rotatable bonds is 6. The third-order valence-corrected chi connectivity index (χ3v) is 1.81. The maximum absolute atomic E-state index is 11.1. The van der Waals surface area contributed by atoms with Crippen molar-refractivity contribution in [2.24, 2.45) is 0 Å². The van der Waals surface area contributed by atoms with Crippen LogP contribution in [0.4, 0.5) is 0 Å². The van der Waals surface area contributed by atoms with Gasteiger partial charge in [0.25, 0.3) is 5.09 Å². The van der Waals surface area contributed by atoms with Crippen molar-refractivity contribution in [2.45, 2.75) is 6.61 Å². The number of hydrogen-bond donors (Lipinski definition) is 1. The molecule has 0 spiro atoms. The Balaban J connectivity index is 2.49. The summed E-state index contributed by atoms with van der Waals surface area (Å²) in [6.45, 7) is -0.00999. The fourth-order valence-corrected chi connectivity index (χ4v) is 1.09. The van der Waals surface area contributed by atoms with Crippen LogP contribution in [0.5, 0.6) is 5.75 Å². The Morgan fingerprint density at radius 3 is 2.59 bits per heavy atom. The molecule has 0 heterocycles. The summed E-state index contributed by atoms with van der Waals surface area (Å²) in [4.78, 5) is 25.3. The minimum absolute atomic E-state index is 0.117. The Bertz CT molecular complexity index is 390. The number of hydrogen-bond acceptors (Lipinski definition) is 6. The zero-order valence-electron chi connectivity index (χ0n) is 9.21. The van der Waals surface area contributed by atoms with Crippen molar-refractivity contribution in [1.29, 1.82) is 0 Å². The van der Waals surface area contributed by atoms with Crippen LogP contribution in [0, 0.1) is 10.1 Å². The van der Waals surface area contributed by atoms with Gasteiger partial charge in [0, 0.05) is 0 Å². The Kier molecular flexibility index (Phi) is 4.89. The molecular formula is C10H12N2O5. The van der Waals surface area contributed by atoms with E-state index in [9.17, 15) is 14.9 Å². The van der Waals surface area contributed by atoms with Crippen molar-refractivity contribution in [3.8, 4) is 5.75 Å². The molecule has 0 saturated carbocycles. The van der Waals surface area contributed by atoms with Crippen molar-refractivity contribution in [3.63, 3.8) is 0 Å². The number of carbonyl (C=O) groups is 1. The molecular weight excluding hydrogens is 228 g/mol. The Morgan fingerprint density at radius 2 is 2.06 bits per heavy atom. The second-order valence-electron chi connectivity index (χ2n) is 3.15. The van der Waals surface area contributed by atoms with E-state index in [0.29, 0.717) is 11.3 Å². The fraction of sp³-hybridized carbons (Fsp3) is 0.300. The van der Waals surface area contributed by atoms with E-state index in [0.717, 1.165) is 0 Å². The van der Waals surface area contributed by atoms with Crippen molar-refractivity contribution < 1.29 is 19.5 Å². The minimum Gasteiger partial charge on any atom is -0.426 e. The summed E-state index contributed by atoms with van der Waals surface area (Å²) < 4.78 is 4.96. The first kappa shape index (κ1) is 12.9. The largest absolute Gasteiger partial charge is 0.426 e. The fourth-order valence-electron chi connectivity index (χ4n) is 1.09. The number of ether oxygens (including phenoxy) is 1. The molecule has 0 amide bonds. The highest BCUT2D eigenvalue weighted by molar-refractivity contribution is 5.74. The highest BCUT2D eigenvalue weighted by atomic mass is 16.9. The predicted molar refractivity (Wildman–Crippen MR) is 57.8 cm³/mol. The van der Waals surface area contributed by atoms with E-state index in [-0.39, 0.29) is 13.2 Å². The van der Waals surface area contributed by atoms with Crippen LogP contribution in [0.15, 0.2) is 24.3 Å². The first-order valence-electron chi connectivity index (χ1n) is 4.83. The van der Waals surface area contributed by atoms with E-state index in [1.807, 2.05) is 0 Å². The molecule has 7 heteroatoms. The van der Waals surface area contributed by atoms with Crippen LogP contribution in [-0.4, -0.2) is 24.6 Å². The van der Waals surface area contributed by atoms with Gasteiger partial charge in [-0.3, -0.25) is 4.79 Å². The van der Waals surface area contributed by atoms with Crippen LogP contribution in [0.1, 0.15) is 5.56 Å². The number of likely N-dealkylation sites (N-methyl/N-ethyl adjacent to an activating group) is 1. The summed E-state index contributed by atoms with van der Waals surface area (Å²) in [5.41, 5.74) is 0.620. The molecule has 92 valence electrons. The lowest BCUT2D eigenvalue weighted by Crippen LogP contribution is -2.23. The zero-order valence-corrected chi connectivity index (χ0v) is 9.21. The van der Waals surface area contributed by atoms with Crippen molar-refractivity contribution in [3.05, 3.63) is 39.9 Å². The monoisotopic (exact) mass is 240 g/mol. The second-order valence-corrected chi connectivity index (χ2v) is 3.15. The molecule has 0 atom stereocenters. The molecule has 0 radical (unpaired) electrons. The van der Waals surface area contributed by atoms with Gasteiger partial charge in [-0.25, -0.2) is 0 Å². The van der Waals surface area contributed by atoms with Gasteiger partial charge in [-0.1, -0.05) is 12.1 Å². The summed E-state index contributed by atoms with van der Waals surface area (Å²) >= 11 is 0. The van der Waals surface area contributed by atoms with Crippen LogP contribution in [0.25, 0.3) is 0 Å². The smallest absolute Gasteiger partial charge is 0.325 e. The van der Waals surface area contributed by atoms with Gasteiger partial charge < -0.3 is 14.9 Å². The van der Waals surface area contributed by atoms with Crippen molar-refractivity contribution >= 4 is 5.97 Å². The van der Waals surface area contributed by atoms with Gasteiger partial charge in [0.05, 0.1) is 6.54 Å². The quantitative estimate of drug-likeness (QED) is 0.337. The predicted octanol–water partition coefficient (Wildman–Crippen LogP) is 0.520. The van der Waals surface area contributed by atoms with E-state index >= 15 is 0 Å².